The number of aryl methyl sites for hydroxylation is 3. The Hall–Kier alpha value is -5.06. The third-order valence-corrected chi connectivity index (χ3v) is 6.28. The van der Waals surface area contributed by atoms with Gasteiger partial charge in [0.15, 0.2) is 0 Å². The summed E-state index contributed by atoms with van der Waals surface area (Å²) in [5.74, 6) is -1.21. The number of hydrogen-bond donors (Lipinski definition) is 3. The number of fused-ring (bicyclic) bond motifs is 2. The van der Waals surface area contributed by atoms with Gasteiger partial charge in [0.1, 0.15) is 16.8 Å². The van der Waals surface area contributed by atoms with E-state index < -0.39 is 5.97 Å². The molecule has 0 aliphatic carbocycles. The summed E-state index contributed by atoms with van der Waals surface area (Å²) >= 11 is 0. The summed E-state index contributed by atoms with van der Waals surface area (Å²) in [6.45, 7) is 4.52. The fourth-order valence-corrected chi connectivity index (χ4v) is 4.38. The fourth-order valence-electron chi connectivity index (χ4n) is 4.38. The van der Waals surface area contributed by atoms with Crippen LogP contribution in [0.15, 0.2) is 78.2 Å². The second kappa shape index (κ2) is 12.7. The number of nitrogens with one attached hydrogen (secondary N) is 2. The normalized spacial score (nSPS) is 10.8. The van der Waals surface area contributed by atoms with Gasteiger partial charge in [-0.1, -0.05) is 36.4 Å². The van der Waals surface area contributed by atoms with Crippen molar-refractivity contribution >= 4 is 28.6 Å². The van der Waals surface area contributed by atoms with E-state index in [4.69, 9.17) is 20.3 Å². The molecule has 0 bridgehead atoms. The molecular weight excluding hydrogens is 510 g/mol. The smallest absolute Gasteiger partial charge is 0.300 e. The van der Waals surface area contributed by atoms with Gasteiger partial charge in [0.25, 0.3) is 17.4 Å². The van der Waals surface area contributed by atoms with Gasteiger partial charge in [0.05, 0.1) is 17.3 Å². The van der Waals surface area contributed by atoms with E-state index in [0.717, 1.165) is 18.1 Å². The highest BCUT2D eigenvalue weighted by Crippen LogP contribution is 2.13. The van der Waals surface area contributed by atoms with Crippen LogP contribution in [0.1, 0.15) is 34.8 Å². The largest absolute Gasteiger partial charge is 0.481 e. The fraction of sp³-hybridized carbons (Fsp3) is 0.241. The van der Waals surface area contributed by atoms with Crippen LogP contribution in [0.25, 0.3) is 16.7 Å². The zero-order valence-corrected chi connectivity index (χ0v) is 22.4. The average Bonchev–Trinajstić information content (AvgIpc) is 3.44. The van der Waals surface area contributed by atoms with E-state index in [1.165, 1.54) is 10.5 Å². The van der Waals surface area contributed by atoms with Crippen molar-refractivity contribution in [1.82, 2.24) is 28.8 Å². The van der Waals surface area contributed by atoms with Crippen LogP contribution in [0.3, 0.4) is 0 Å². The molecule has 0 fully saturated rings. The molecule has 5 aromatic rings. The predicted molar refractivity (Wildman–Crippen MR) is 150 cm³/mol. The number of benzene rings is 1. The SMILES string of the molecule is CC(=O)O.Cc1cccn2c(=O)c3cc(C(=O)NCCc4ccccc4)c(=N)n(CCCn4ccnc4)c3nc12. The quantitative estimate of drug-likeness (QED) is 0.257. The monoisotopic (exact) mass is 541 g/mol. The first kappa shape index (κ1) is 28.0. The topological polar surface area (TPSA) is 147 Å². The molecule has 0 atom stereocenters. The number of pyridine rings is 2. The molecule has 1 amide bonds. The van der Waals surface area contributed by atoms with Crippen LogP contribution < -0.4 is 16.4 Å². The van der Waals surface area contributed by atoms with Crippen molar-refractivity contribution in [3.05, 3.63) is 106 Å². The number of aliphatic carboxylic acids is 1. The van der Waals surface area contributed by atoms with Gasteiger partial charge in [-0.3, -0.25) is 24.2 Å². The van der Waals surface area contributed by atoms with Crippen LogP contribution in [0.4, 0.5) is 0 Å². The van der Waals surface area contributed by atoms with E-state index in [0.29, 0.717) is 49.2 Å². The zero-order valence-electron chi connectivity index (χ0n) is 22.4. The van der Waals surface area contributed by atoms with E-state index in [2.05, 4.69) is 10.3 Å². The van der Waals surface area contributed by atoms with E-state index in [-0.39, 0.29) is 22.5 Å². The van der Waals surface area contributed by atoms with Crippen LogP contribution in [-0.4, -0.2) is 47.0 Å². The lowest BCUT2D eigenvalue weighted by atomic mass is 10.1. The maximum Gasteiger partial charge on any atom is 0.300 e. The molecular formula is C29H31N7O4. The summed E-state index contributed by atoms with van der Waals surface area (Å²) in [5.41, 5.74) is 2.85. The molecule has 0 aliphatic heterocycles. The second-order valence-corrected chi connectivity index (χ2v) is 9.26. The minimum absolute atomic E-state index is 0.0372. The Balaban J connectivity index is 0.000000867. The van der Waals surface area contributed by atoms with Crippen LogP contribution in [0.5, 0.6) is 0 Å². The summed E-state index contributed by atoms with van der Waals surface area (Å²) in [7, 11) is 0. The molecule has 0 spiro atoms. The summed E-state index contributed by atoms with van der Waals surface area (Å²) in [6.07, 6.45) is 8.36. The molecule has 11 heteroatoms. The molecule has 4 heterocycles. The van der Waals surface area contributed by atoms with Gasteiger partial charge in [-0.2, -0.15) is 0 Å². The zero-order chi connectivity index (χ0) is 28.6. The van der Waals surface area contributed by atoms with Crippen molar-refractivity contribution < 1.29 is 14.7 Å². The molecule has 4 aromatic heterocycles. The molecule has 0 radical (unpaired) electrons. The number of rotatable bonds is 8. The van der Waals surface area contributed by atoms with Gasteiger partial charge in [-0.25, -0.2) is 9.97 Å². The minimum Gasteiger partial charge on any atom is -0.481 e. The third-order valence-electron chi connectivity index (χ3n) is 6.28. The lowest BCUT2D eigenvalue weighted by Gasteiger charge is -2.15. The van der Waals surface area contributed by atoms with E-state index in [1.54, 1.807) is 29.4 Å². The lowest BCUT2D eigenvalue weighted by Crippen LogP contribution is -2.36. The molecule has 206 valence electrons. The van der Waals surface area contributed by atoms with Crippen molar-refractivity contribution in [2.75, 3.05) is 6.54 Å². The van der Waals surface area contributed by atoms with Gasteiger partial charge < -0.3 is 19.6 Å². The first-order chi connectivity index (χ1) is 19.3. The van der Waals surface area contributed by atoms with Crippen LogP contribution in [0, 0.1) is 12.3 Å². The minimum atomic E-state index is -0.833. The summed E-state index contributed by atoms with van der Waals surface area (Å²) in [4.78, 5) is 44.4. The molecule has 1 aromatic carbocycles. The number of amides is 1. The van der Waals surface area contributed by atoms with E-state index in [9.17, 15) is 9.59 Å². The standard InChI is InChI=1S/C27H27N7O2.C2H4O2/c1-19-7-5-14-34-24(19)31-25-22(27(34)36)17-21(26(35)30-11-10-20-8-3-2-4-9-20)23(28)33(25)15-6-13-32-16-12-29-18-32;1-2(3)4/h2-5,7-9,12,14,16-18,28H,6,10-11,13,15H2,1H3,(H,30,35);1H3,(H,3,4). The second-order valence-electron chi connectivity index (χ2n) is 9.26. The van der Waals surface area contributed by atoms with E-state index in [1.807, 2.05) is 54.1 Å². The van der Waals surface area contributed by atoms with Crippen molar-refractivity contribution in [3.63, 3.8) is 0 Å². The van der Waals surface area contributed by atoms with Gasteiger partial charge in [-0.05, 0) is 43.0 Å². The maximum atomic E-state index is 13.4. The Morgan fingerprint density at radius 3 is 2.50 bits per heavy atom. The van der Waals surface area contributed by atoms with Crippen molar-refractivity contribution in [2.45, 2.75) is 39.8 Å². The van der Waals surface area contributed by atoms with Crippen LogP contribution in [0.2, 0.25) is 0 Å². The number of carbonyl (C=O) groups excluding carboxylic acids is 1. The molecule has 40 heavy (non-hydrogen) atoms. The molecule has 11 nitrogen and oxygen atoms in total. The highest BCUT2D eigenvalue weighted by atomic mass is 16.4. The average molecular weight is 542 g/mol. The Kier molecular flexibility index (Phi) is 8.85. The Bertz CT molecular complexity index is 1750. The number of carboxylic acid groups (broad SMARTS) is 1. The molecule has 3 N–H and O–H groups in total. The highest BCUT2D eigenvalue weighted by molar-refractivity contribution is 5.96. The Labute approximate surface area is 229 Å². The molecule has 0 aliphatic rings. The number of carbonyl (C=O) groups is 2. The van der Waals surface area contributed by atoms with Gasteiger partial charge in [0.2, 0.25) is 0 Å². The summed E-state index contributed by atoms with van der Waals surface area (Å²) in [5, 5.41) is 19.5. The molecule has 0 saturated carbocycles. The maximum absolute atomic E-state index is 13.4. The number of aromatic nitrogens is 5. The predicted octanol–water partition coefficient (Wildman–Crippen LogP) is 2.79. The van der Waals surface area contributed by atoms with Crippen molar-refractivity contribution in [2.24, 2.45) is 0 Å². The summed E-state index contributed by atoms with van der Waals surface area (Å²) < 4.78 is 5.12. The molecule has 0 unspecified atom stereocenters. The molecule has 5 rings (SSSR count). The van der Waals surface area contributed by atoms with Crippen LogP contribution >= 0.6 is 0 Å². The number of imidazole rings is 1. The lowest BCUT2D eigenvalue weighted by molar-refractivity contribution is -0.134. The van der Waals surface area contributed by atoms with Gasteiger partial charge in [0, 0.05) is 45.1 Å². The van der Waals surface area contributed by atoms with E-state index >= 15 is 0 Å². The van der Waals surface area contributed by atoms with Crippen molar-refractivity contribution in [3.8, 4) is 0 Å². The number of carboxylic acids is 1. The first-order valence-electron chi connectivity index (χ1n) is 12.8. The number of nitrogens with zero attached hydrogens (tertiary/aromatic N) is 5. The van der Waals surface area contributed by atoms with Gasteiger partial charge in [-0.15, -0.1) is 0 Å². The summed E-state index contributed by atoms with van der Waals surface area (Å²) in [6, 6.07) is 15.1. The molecule has 0 saturated heterocycles. The Morgan fingerprint density at radius 2 is 1.80 bits per heavy atom. The third kappa shape index (κ3) is 6.49. The van der Waals surface area contributed by atoms with Crippen molar-refractivity contribution in [1.29, 1.82) is 5.41 Å². The van der Waals surface area contributed by atoms with Gasteiger partial charge >= 0.3 is 0 Å². The number of hydrogen-bond acceptors (Lipinski definition) is 6. The highest BCUT2D eigenvalue weighted by Gasteiger charge is 2.18. The van der Waals surface area contributed by atoms with Crippen LogP contribution in [-0.2, 0) is 24.3 Å². The Morgan fingerprint density at radius 1 is 1.05 bits per heavy atom. The first-order valence-corrected chi connectivity index (χ1v) is 12.8.